The van der Waals surface area contributed by atoms with Crippen molar-refractivity contribution >= 4 is 23.6 Å². The standard InChI is InChI=1S/C17H21NO3S/c1-11-8-12(17(20)21)10-18(9-11)16(19)14-6-7-22-15-5-3-2-4-13(14)15/h2-5,11-12,14H,6-10H2,1H3,(H,20,21). The summed E-state index contributed by atoms with van der Waals surface area (Å²) in [6, 6.07) is 8.08. The molecule has 0 saturated carbocycles. The number of benzene rings is 1. The number of aliphatic carboxylic acids is 1. The number of thioether (sulfide) groups is 1. The maximum Gasteiger partial charge on any atom is 0.308 e. The molecule has 1 N–H and O–H groups in total. The first-order chi connectivity index (χ1) is 10.6. The highest BCUT2D eigenvalue weighted by Crippen LogP contribution is 2.39. The molecular weight excluding hydrogens is 298 g/mol. The Hall–Kier alpha value is -1.49. The van der Waals surface area contributed by atoms with Crippen LogP contribution in [0.4, 0.5) is 0 Å². The summed E-state index contributed by atoms with van der Waals surface area (Å²) in [5, 5.41) is 9.28. The number of piperidine rings is 1. The molecular formula is C17H21NO3S. The maximum absolute atomic E-state index is 13.0. The molecule has 1 aromatic rings. The van der Waals surface area contributed by atoms with Gasteiger partial charge < -0.3 is 10.0 Å². The monoisotopic (exact) mass is 319 g/mol. The van der Waals surface area contributed by atoms with Crippen LogP contribution < -0.4 is 0 Å². The van der Waals surface area contributed by atoms with Gasteiger partial charge in [0.1, 0.15) is 0 Å². The SMILES string of the molecule is CC1CC(C(=O)O)CN(C(=O)C2CCSc3ccccc32)C1. The summed E-state index contributed by atoms with van der Waals surface area (Å²) in [6.45, 7) is 3.05. The number of carbonyl (C=O) groups excluding carboxylic acids is 1. The molecule has 0 radical (unpaired) electrons. The fourth-order valence-electron chi connectivity index (χ4n) is 3.53. The third-order valence-electron chi connectivity index (χ3n) is 4.58. The highest BCUT2D eigenvalue weighted by molar-refractivity contribution is 7.99. The number of carboxylic acids is 1. The Morgan fingerprint density at radius 2 is 2.05 bits per heavy atom. The van der Waals surface area contributed by atoms with Crippen molar-refractivity contribution in [1.29, 1.82) is 0 Å². The van der Waals surface area contributed by atoms with Gasteiger partial charge in [0.2, 0.25) is 5.91 Å². The molecule has 118 valence electrons. The molecule has 3 unspecified atom stereocenters. The predicted molar refractivity (Wildman–Crippen MR) is 86.0 cm³/mol. The van der Waals surface area contributed by atoms with Crippen LogP contribution in [0.2, 0.25) is 0 Å². The zero-order chi connectivity index (χ0) is 15.7. The smallest absolute Gasteiger partial charge is 0.308 e. The van der Waals surface area contributed by atoms with Crippen LogP contribution >= 0.6 is 11.8 Å². The predicted octanol–water partition coefficient (Wildman–Crippen LogP) is 2.84. The molecule has 22 heavy (non-hydrogen) atoms. The highest BCUT2D eigenvalue weighted by Gasteiger charge is 2.36. The minimum atomic E-state index is -0.788. The Labute approximate surface area is 134 Å². The summed E-state index contributed by atoms with van der Waals surface area (Å²) in [4.78, 5) is 27.2. The van der Waals surface area contributed by atoms with Crippen LogP contribution in [0.5, 0.6) is 0 Å². The zero-order valence-corrected chi connectivity index (χ0v) is 13.5. The Kier molecular flexibility index (Phi) is 4.43. The second-order valence-corrected chi connectivity index (χ2v) is 7.48. The zero-order valence-electron chi connectivity index (χ0n) is 12.7. The van der Waals surface area contributed by atoms with E-state index in [2.05, 4.69) is 6.07 Å². The number of likely N-dealkylation sites (tertiary alicyclic amines) is 1. The molecule has 2 heterocycles. The van der Waals surface area contributed by atoms with E-state index in [0.717, 1.165) is 17.7 Å². The van der Waals surface area contributed by atoms with Gasteiger partial charge in [0.25, 0.3) is 0 Å². The van der Waals surface area contributed by atoms with Gasteiger partial charge in [-0.05, 0) is 36.1 Å². The van der Waals surface area contributed by atoms with Crippen molar-refractivity contribution < 1.29 is 14.7 Å². The second kappa shape index (κ2) is 6.32. The largest absolute Gasteiger partial charge is 0.481 e. The van der Waals surface area contributed by atoms with Crippen LogP contribution in [0.1, 0.15) is 31.2 Å². The third kappa shape index (κ3) is 3.00. The molecule has 2 aliphatic rings. The average molecular weight is 319 g/mol. The number of hydrogen-bond acceptors (Lipinski definition) is 3. The fourth-order valence-corrected chi connectivity index (χ4v) is 4.65. The lowest BCUT2D eigenvalue weighted by atomic mass is 9.88. The summed E-state index contributed by atoms with van der Waals surface area (Å²) in [6.07, 6.45) is 1.50. The van der Waals surface area contributed by atoms with Gasteiger partial charge >= 0.3 is 5.97 Å². The number of rotatable bonds is 2. The molecule has 5 heteroatoms. The second-order valence-electron chi connectivity index (χ2n) is 6.35. The summed E-state index contributed by atoms with van der Waals surface area (Å²) in [7, 11) is 0. The first-order valence-electron chi connectivity index (χ1n) is 7.79. The molecule has 0 bridgehead atoms. The molecule has 4 nitrogen and oxygen atoms in total. The van der Waals surface area contributed by atoms with Crippen LogP contribution in [0.15, 0.2) is 29.2 Å². The fraction of sp³-hybridized carbons (Fsp3) is 0.529. The summed E-state index contributed by atoms with van der Waals surface area (Å²) in [5.41, 5.74) is 1.11. The van der Waals surface area contributed by atoms with Gasteiger partial charge in [-0.25, -0.2) is 0 Å². The summed E-state index contributed by atoms with van der Waals surface area (Å²) in [5.74, 6) is -0.0428. The normalized spacial score (nSPS) is 28.0. The summed E-state index contributed by atoms with van der Waals surface area (Å²) < 4.78 is 0. The van der Waals surface area contributed by atoms with Crippen molar-refractivity contribution in [2.45, 2.75) is 30.6 Å². The quantitative estimate of drug-likeness (QED) is 0.910. The Balaban J connectivity index is 1.81. The van der Waals surface area contributed by atoms with E-state index >= 15 is 0 Å². The van der Waals surface area contributed by atoms with Gasteiger partial charge in [-0.3, -0.25) is 9.59 Å². The topological polar surface area (TPSA) is 57.6 Å². The molecule has 0 spiro atoms. The minimum absolute atomic E-state index is 0.102. The maximum atomic E-state index is 13.0. The molecule has 2 aliphatic heterocycles. The molecule has 0 aliphatic carbocycles. The van der Waals surface area contributed by atoms with Gasteiger partial charge in [-0.15, -0.1) is 11.8 Å². The van der Waals surface area contributed by atoms with Gasteiger partial charge in [-0.2, -0.15) is 0 Å². The molecule has 1 amide bonds. The first-order valence-corrected chi connectivity index (χ1v) is 8.78. The van der Waals surface area contributed by atoms with Crippen LogP contribution in [-0.2, 0) is 9.59 Å². The lowest BCUT2D eigenvalue weighted by Crippen LogP contribution is -2.47. The Bertz CT molecular complexity index is 589. The number of carboxylic acid groups (broad SMARTS) is 1. The molecule has 1 saturated heterocycles. The van der Waals surface area contributed by atoms with Crippen LogP contribution in [0.25, 0.3) is 0 Å². The van der Waals surface area contributed by atoms with Crippen molar-refractivity contribution in [3.05, 3.63) is 29.8 Å². The van der Waals surface area contributed by atoms with E-state index in [0.29, 0.717) is 19.5 Å². The van der Waals surface area contributed by atoms with E-state index in [1.807, 2.05) is 25.1 Å². The van der Waals surface area contributed by atoms with Gasteiger partial charge in [0.05, 0.1) is 11.8 Å². The molecule has 3 atom stereocenters. The number of carbonyl (C=O) groups is 2. The lowest BCUT2D eigenvalue weighted by Gasteiger charge is -2.37. The van der Waals surface area contributed by atoms with Crippen LogP contribution in [0, 0.1) is 11.8 Å². The van der Waals surface area contributed by atoms with E-state index in [9.17, 15) is 14.7 Å². The highest BCUT2D eigenvalue weighted by atomic mass is 32.2. The third-order valence-corrected chi connectivity index (χ3v) is 5.70. The summed E-state index contributed by atoms with van der Waals surface area (Å²) >= 11 is 1.80. The van der Waals surface area contributed by atoms with Gasteiger partial charge in [-0.1, -0.05) is 25.1 Å². The minimum Gasteiger partial charge on any atom is -0.481 e. The number of hydrogen-bond donors (Lipinski definition) is 1. The lowest BCUT2D eigenvalue weighted by molar-refractivity contribution is -0.147. The van der Waals surface area contributed by atoms with E-state index in [1.54, 1.807) is 16.7 Å². The number of amides is 1. The molecule has 0 aromatic heterocycles. The van der Waals surface area contributed by atoms with Crippen molar-refractivity contribution in [3.8, 4) is 0 Å². The van der Waals surface area contributed by atoms with Gasteiger partial charge in [0, 0.05) is 18.0 Å². The van der Waals surface area contributed by atoms with Crippen molar-refractivity contribution in [1.82, 2.24) is 4.90 Å². The Morgan fingerprint density at radius 3 is 2.82 bits per heavy atom. The van der Waals surface area contributed by atoms with Crippen LogP contribution in [0.3, 0.4) is 0 Å². The molecule has 1 fully saturated rings. The number of fused-ring (bicyclic) bond motifs is 1. The van der Waals surface area contributed by atoms with E-state index in [1.165, 1.54) is 4.90 Å². The van der Waals surface area contributed by atoms with E-state index in [4.69, 9.17) is 0 Å². The van der Waals surface area contributed by atoms with Crippen molar-refractivity contribution in [2.75, 3.05) is 18.8 Å². The van der Waals surface area contributed by atoms with Crippen molar-refractivity contribution in [2.24, 2.45) is 11.8 Å². The van der Waals surface area contributed by atoms with E-state index < -0.39 is 11.9 Å². The molecule has 1 aromatic carbocycles. The number of nitrogens with zero attached hydrogens (tertiary/aromatic N) is 1. The van der Waals surface area contributed by atoms with Crippen LogP contribution in [-0.4, -0.2) is 40.7 Å². The Morgan fingerprint density at radius 1 is 1.27 bits per heavy atom. The average Bonchev–Trinajstić information content (AvgIpc) is 2.53. The van der Waals surface area contributed by atoms with Gasteiger partial charge in [0.15, 0.2) is 0 Å². The first kappa shape index (κ1) is 15.4. The van der Waals surface area contributed by atoms with E-state index in [-0.39, 0.29) is 17.7 Å². The molecule has 3 rings (SSSR count). The van der Waals surface area contributed by atoms with Crippen molar-refractivity contribution in [3.63, 3.8) is 0 Å².